The zero-order chi connectivity index (χ0) is 18.5. The van der Waals surface area contributed by atoms with E-state index in [1.165, 1.54) is 13.1 Å². The third-order valence-corrected chi connectivity index (χ3v) is 3.76. The van der Waals surface area contributed by atoms with Crippen LogP contribution in [0.2, 0.25) is 0 Å². The highest BCUT2D eigenvalue weighted by molar-refractivity contribution is 5.99. The van der Waals surface area contributed by atoms with Gasteiger partial charge in [0, 0.05) is 24.5 Å². The lowest BCUT2D eigenvalue weighted by Crippen LogP contribution is -2.22. The van der Waals surface area contributed by atoms with Crippen LogP contribution >= 0.6 is 0 Å². The maximum absolute atomic E-state index is 12.2. The fraction of sp³-hybridized carbons (Fsp3) is 0.0526. The summed E-state index contributed by atoms with van der Waals surface area (Å²) in [5, 5.41) is 11.3. The molecule has 0 saturated carbocycles. The van der Waals surface area contributed by atoms with Crippen LogP contribution < -0.4 is 10.5 Å². The van der Waals surface area contributed by atoms with Crippen LogP contribution in [0.5, 0.6) is 0 Å². The van der Waals surface area contributed by atoms with Gasteiger partial charge in [0.25, 0.3) is 5.56 Å². The van der Waals surface area contributed by atoms with E-state index in [1.54, 1.807) is 29.2 Å². The Balaban J connectivity index is 1.95. The van der Waals surface area contributed by atoms with Crippen LogP contribution in [0, 0.1) is 0 Å². The van der Waals surface area contributed by atoms with E-state index in [2.05, 4.69) is 15.1 Å². The lowest BCUT2D eigenvalue weighted by molar-refractivity contribution is -0.115. The Bertz CT molecular complexity index is 995. The monoisotopic (exact) mass is 348 g/mol. The van der Waals surface area contributed by atoms with Gasteiger partial charge in [0.05, 0.1) is 5.56 Å². The average Bonchev–Trinajstić information content (AvgIpc) is 2.64. The number of amides is 1. The van der Waals surface area contributed by atoms with Crippen molar-refractivity contribution in [3.63, 3.8) is 0 Å². The number of carbonyl (C=O) groups is 1. The summed E-state index contributed by atoms with van der Waals surface area (Å²) in [5.41, 5.74) is 2.14. The van der Waals surface area contributed by atoms with Crippen molar-refractivity contribution in [3.05, 3.63) is 77.0 Å². The van der Waals surface area contributed by atoms with Gasteiger partial charge in [0.1, 0.15) is 6.21 Å². The first-order valence-corrected chi connectivity index (χ1v) is 7.83. The van der Waals surface area contributed by atoms with E-state index in [4.69, 9.17) is 5.21 Å². The van der Waals surface area contributed by atoms with Crippen LogP contribution in [0.1, 0.15) is 12.7 Å². The number of aromatic amines is 1. The fourth-order valence-corrected chi connectivity index (χ4v) is 2.61. The van der Waals surface area contributed by atoms with Crippen molar-refractivity contribution in [3.8, 4) is 11.1 Å². The van der Waals surface area contributed by atoms with Crippen molar-refractivity contribution < 1.29 is 10.0 Å². The van der Waals surface area contributed by atoms with Crippen molar-refractivity contribution in [2.45, 2.75) is 6.92 Å². The first-order chi connectivity index (χ1) is 12.6. The molecule has 7 nitrogen and oxygen atoms in total. The van der Waals surface area contributed by atoms with Crippen molar-refractivity contribution in [1.82, 2.24) is 9.97 Å². The van der Waals surface area contributed by atoms with Gasteiger partial charge in [-0.05, 0) is 29.8 Å². The number of oxime groups is 1. The van der Waals surface area contributed by atoms with Crippen LogP contribution in [0.4, 0.5) is 11.4 Å². The lowest BCUT2D eigenvalue weighted by Gasteiger charge is -2.21. The van der Waals surface area contributed by atoms with Crippen molar-refractivity contribution in [2.75, 3.05) is 4.90 Å². The number of carbonyl (C=O) groups excluding carboxylic acids is 1. The van der Waals surface area contributed by atoms with Gasteiger partial charge in [-0.25, -0.2) is 4.98 Å². The second-order valence-corrected chi connectivity index (χ2v) is 5.49. The predicted octanol–water partition coefficient (Wildman–Crippen LogP) is 2.93. The molecular formula is C19H16N4O3. The third-order valence-electron chi connectivity index (χ3n) is 3.76. The Kier molecular flexibility index (Phi) is 4.89. The number of rotatable bonds is 4. The number of hydrogen-bond donors (Lipinski definition) is 2. The highest BCUT2D eigenvalue weighted by Crippen LogP contribution is 2.27. The van der Waals surface area contributed by atoms with E-state index in [1.807, 2.05) is 30.3 Å². The quantitative estimate of drug-likeness (QED) is 0.430. The molecular weight excluding hydrogens is 332 g/mol. The number of anilines is 2. The molecule has 1 amide bonds. The molecule has 0 saturated heterocycles. The molecule has 0 unspecified atom stereocenters. The fourth-order valence-electron chi connectivity index (χ4n) is 2.61. The summed E-state index contributed by atoms with van der Waals surface area (Å²) in [7, 11) is 0. The summed E-state index contributed by atoms with van der Waals surface area (Å²) < 4.78 is 0. The maximum atomic E-state index is 12.2. The minimum atomic E-state index is -0.353. The van der Waals surface area contributed by atoms with Gasteiger partial charge in [-0.2, -0.15) is 0 Å². The number of H-pyrrole nitrogens is 1. The third kappa shape index (κ3) is 3.51. The summed E-state index contributed by atoms with van der Waals surface area (Å²) in [4.78, 5) is 32.4. The summed E-state index contributed by atoms with van der Waals surface area (Å²) in [6.07, 6.45) is 2.45. The molecule has 1 heterocycles. The molecule has 3 aromatic rings. The molecule has 0 radical (unpaired) electrons. The molecule has 0 spiro atoms. The number of nitrogens with zero attached hydrogens (tertiary/aromatic N) is 3. The van der Waals surface area contributed by atoms with Crippen LogP contribution in [0.15, 0.2) is 70.7 Å². The number of hydrogen-bond acceptors (Lipinski definition) is 5. The lowest BCUT2D eigenvalue weighted by atomic mass is 10.1. The van der Waals surface area contributed by atoms with Gasteiger partial charge in [0.2, 0.25) is 5.91 Å². The molecule has 0 fully saturated rings. The van der Waals surface area contributed by atoms with E-state index in [0.29, 0.717) is 16.8 Å². The number of aromatic nitrogens is 2. The van der Waals surface area contributed by atoms with Crippen LogP contribution in [-0.4, -0.2) is 27.3 Å². The molecule has 0 bridgehead atoms. The first-order valence-electron chi connectivity index (χ1n) is 7.83. The van der Waals surface area contributed by atoms with E-state index in [9.17, 15) is 9.59 Å². The van der Waals surface area contributed by atoms with Crippen LogP contribution in [0.3, 0.4) is 0 Å². The molecule has 130 valence electrons. The largest absolute Gasteiger partial charge is 0.411 e. The normalized spacial score (nSPS) is 10.8. The average molecular weight is 348 g/mol. The Morgan fingerprint density at radius 3 is 2.35 bits per heavy atom. The molecule has 0 atom stereocenters. The molecule has 2 aromatic carbocycles. The zero-order valence-electron chi connectivity index (χ0n) is 14.0. The minimum absolute atomic E-state index is 0.115. The second kappa shape index (κ2) is 7.43. The van der Waals surface area contributed by atoms with E-state index in [-0.39, 0.29) is 17.3 Å². The van der Waals surface area contributed by atoms with Crippen molar-refractivity contribution >= 4 is 23.5 Å². The predicted molar refractivity (Wildman–Crippen MR) is 98.9 cm³/mol. The van der Waals surface area contributed by atoms with Crippen LogP contribution in [-0.2, 0) is 4.79 Å². The summed E-state index contributed by atoms with van der Waals surface area (Å²) >= 11 is 0. The van der Waals surface area contributed by atoms with Gasteiger partial charge < -0.3 is 10.2 Å². The molecule has 1 aromatic heterocycles. The Labute approximate surface area is 149 Å². The molecule has 0 aliphatic rings. The van der Waals surface area contributed by atoms with Gasteiger partial charge in [-0.1, -0.05) is 35.5 Å². The number of nitrogens with one attached hydrogen (secondary N) is 1. The minimum Gasteiger partial charge on any atom is -0.411 e. The maximum Gasteiger partial charge on any atom is 0.259 e. The molecule has 3 rings (SSSR count). The molecule has 7 heteroatoms. The van der Waals surface area contributed by atoms with Gasteiger partial charge >= 0.3 is 0 Å². The summed E-state index contributed by atoms with van der Waals surface area (Å²) in [6.45, 7) is 1.50. The zero-order valence-corrected chi connectivity index (χ0v) is 14.0. The Hall–Kier alpha value is -3.74. The first kappa shape index (κ1) is 17.1. The number of para-hydroxylation sites is 1. The highest BCUT2D eigenvalue weighted by atomic mass is 16.4. The molecule has 0 aliphatic heterocycles. The second-order valence-electron chi connectivity index (χ2n) is 5.49. The van der Waals surface area contributed by atoms with E-state index >= 15 is 0 Å². The van der Waals surface area contributed by atoms with Crippen molar-refractivity contribution in [2.24, 2.45) is 5.16 Å². The van der Waals surface area contributed by atoms with Crippen molar-refractivity contribution in [1.29, 1.82) is 0 Å². The smallest absolute Gasteiger partial charge is 0.259 e. The molecule has 2 N–H and O–H groups in total. The summed E-state index contributed by atoms with van der Waals surface area (Å²) in [5.74, 6) is 0.0424. The Morgan fingerprint density at radius 1 is 1.12 bits per heavy atom. The van der Waals surface area contributed by atoms with E-state index < -0.39 is 0 Å². The standard InChI is InChI=1S/C19H16N4O3/c1-13(24)23(15-5-3-2-4-6-15)16-9-7-14(8-10-16)17-11-20-18(12-21-26)22-19(17)25/h2-12,26H,1H3,(H,20,22,25)/b21-12+. The molecule has 0 aliphatic carbocycles. The van der Waals surface area contributed by atoms with E-state index in [0.717, 1.165) is 11.9 Å². The topological polar surface area (TPSA) is 98.7 Å². The number of benzene rings is 2. The highest BCUT2D eigenvalue weighted by Gasteiger charge is 2.14. The Morgan fingerprint density at radius 2 is 1.77 bits per heavy atom. The summed E-state index contributed by atoms with van der Waals surface area (Å²) in [6, 6.07) is 16.4. The SMILES string of the molecule is CC(=O)N(c1ccccc1)c1ccc(-c2cnc(/C=N/O)[nH]c2=O)cc1. The van der Waals surface area contributed by atoms with Gasteiger partial charge in [-0.3, -0.25) is 14.5 Å². The molecule has 26 heavy (non-hydrogen) atoms. The van der Waals surface area contributed by atoms with Crippen LogP contribution in [0.25, 0.3) is 11.1 Å². The van der Waals surface area contributed by atoms with Gasteiger partial charge in [0.15, 0.2) is 5.82 Å². The van der Waals surface area contributed by atoms with Gasteiger partial charge in [-0.15, -0.1) is 0 Å².